The number of nitrogens with one attached hydrogen (secondary N) is 1. The first-order valence-electron chi connectivity index (χ1n) is 8.57. The smallest absolute Gasteiger partial charge is 0.285 e. The predicted molar refractivity (Wildman–Crippen MR) is 114 cm³/mol. The molecule has 0 bridgehead atoms. The number of rotatable bonds is 7. The van der Waals surface area contributed by atoms with E-state index in [4.69, 9.17) is 11.6 Å². The summed E-state index contributed by atoms with van der Waals surface area (Å²) in [5.74, 6) is 1.94. The summed E-state index contributed by atoms with van der Waals surface area (Å²) >= 11 is 8.84. The summed E-state index contributed by atoms with van der Waals surface area (Å²) < 4.78 is 0. The van der Waals surface area contributed by atoms with Crippen LogP contribution in [0, 0.1) is 0 Å². The highest BCUT2D eigenvalue weighted by Gasteiger charge is 2.06. The zero-order valence-corrected chi connectivity index (χ0v) is 17.5. The summed E-state index contributed by atoms with van der Waals surface area (Å²) in [5, 5.41) is 1.77. The van der Waals surface area contributed by atoms with E-state index in [-0.39, 0.29) is 5.69 Å². The van der Waals surface area contributed by atoms with E-state index in [2.05, 4.69) is 53.1 Å². The molecule has 140 valence electrons. The van der Waals surface area contributed by atoms with E-state index in [0.29, 0.717) is 27.0 Å². The molecule has 0 aliphatic rings. The second kappa shape index (κ2) is 9.44. The fraction of sp³-hybridized carbons (Fsp3) is 0.250. The molecule has 0 saturated carbocycles. The molecule has 0 spiro atoms. The van der Waals surface area contributed by atoms with Gasteiger partial charge in [-0.3, -0.25) is 4.98 Å². The van der Waals surface area contributed by atoms with Crippen molar-refractivity contribution in [3.05, 3.63) is 80.7 Å². The van der Waals surface area contributed by atoms with E-state index in [0.717, 1.165) is 11.3 Å². The average Bonchev–Trinajstić information content (AvgIpc) is 2.66. The van der Waals surface area contributed by atoms with Crippen molar-refractivity contribution < 1.29 is 0 Å². The maximum atomic E-state index is 11.8. The minimum Gasteiger partial charge on any atom is -0.285 e. The molecule has 7 heteroatoms. The van der Waals surface area contributed by atoms with Crippen LogP contribution in [0.1, 0.15) is 36.5 Å². The molecular formula is C20H20ClN3OS2. The number of thioether (sulfide) groups is 2. The molecule has 3 aromatic rings. The van der Waals surface area contributed by atoms with Gasteiger partial charge >= 0.3 is 5.69 Å². The minimum atomic E-state index is -0.374. The molecule has 0 amide bonds. The van der Waals surface area contributed by atoms with Crippen LogP contribution in [0.3, 0.4) is 0 Å². The van der Waals surface area contributed by atoms with Gasteiger partial charge < -0.3 is 0 Å². The van der Waals surface area contributed by atoms with Crippen LogP contribution in [0.4, 0.5) is 0 Å². The van der Waals surface area contributed by atoms with Crippen molar-refractivity contribution in [2.45, 2.75) is 41.6 Å². The molecule has 0 atom stereocenters. The molecule has 0 aliphatic carbocycles. The fourth-order valence-corrected chi connectivity index (χ4v) is 4.14. The SMILES string of the molecule is CC(C)c1ccc(CSc2nc(SCc3ccc(Cl)cc3)nc(=O)[nH]2)cc1. The van der Waals surface area contributed by atoms with Gasteiger partial charge in [-0.25, -0.2) is 4.79 Å². The van der Waals surface area contributed by atoms with Crippen LogP contribution >= 0.6 is 35.1 Å². The van der Waals surface area contributed by atoms with Crippen LogP contribution in [0.2, 0.25) is 5.02 Å². The number of hydrogen-bond acceptors (Lipinski definition) is 5. The number of benzene rings is 2. The van der Waals surface area contributed by atoms with Gasteiger partial charge in [0.15, 0.2) is 10.3 Å². The van der Waals surface area contributed by atoms with Crippen LogP contribution in [0.5, 0.6) is 0 Å². The Bertz CT molecular complexity index is 941. The lowest BCUT2D eigenvalue weighted by atomic mass is 10.0. The molecule has 0 unspecified atom stereocenters. The maximum absolute atomic E-state index is 11.8. The van der Waals surface area contributed by atoms with E-state index < -0.39 is 0 Å². The van der Waals surface area contributed by atoms with Gasteiger partial charge in [0.1, 0.15) is 0 Å². The second-order valence-corrected chi connectivity index (χ2v) is 8.68. The number of aromatic amines is 1. The maximum Gasteiger partial charge on any atom is 0.349 e. The lowest BCUT2D eigenvalue weighted by Gasteiger charge is -2.07. The second-order valence-electron chi connectivity index (χ2n) is 6.34. The Labute approximate surface area is 172 Å². The standard InChI is InChI=1S/C20H20ClN3OS2/c1-13(2)16-7-3-14(4-8-16)11-26-19-22-18(25)23-20(24-19)27-12-15-5-9-17(21)10-6-15/h3-10,13H,11-12H2,1-2H3,(H,22,23,24,25). The summed E-state index contributed by atoms with van der Waals surface area (Å²) in [6, 6.07) is 16.2. The molecule has 0 fully saturated rings. The van der Waals surface area contributed by atoms with Crippen LogP contribution < -0.4 is 5.69 Å². The predicted octanol–water partition coefficient (Wildman–Crippen LogP) is 5.53. The molecule has 27 heavy (non-hydrogen) atoms. The third-order valence-corrected chi connectivity index (χ3v) is 6.03. The summed E-state index contributed by atoms with van der Waals surface area (Å²) in [6.45, 7) is 4.36. The normalized spacial score (nSPS) is 11.1. The number of hydrogen-bond donors (Lipinski definition) is 1. The zero-order valence-electron chi connectivity index (χ0n) is 15.1. The number of aromatic nitrogens is 3. The van der Waals surface area contributed by atoms with Crippen molar-refractivity contribution in [2.24, 2.45) is 0 Å². The van der Waals surface area contributed by atoms with E-state index in [1.54, 1.807) is 0 Å². The van der Waals surface area contributed by atoms with Crippen molar-refractivity contribution >= 4 is 35.1 Å². The van der Waals surface area contributed by atoms with E-state index in [1.165, 1.54) is 34.7 Å². The number of nitrogens with zero attached hydrogens (tertiary/aromatic N) is 2. The third-order valence-electron chi connectivity index (χ3n) is 3.91. The molecule has 2 aromatic carbocycles. The molecule has 3 rings (SSSR count). The molecule has 4 nitrogen and oxygen atoms in total. The van der Waals surface area contributed by atoms with E-state index in [9.17, 15) is 4.79 Å². The third kappa shape index (κ3) is 6.13. The topological polar surface area (TPSA) is 58.6 Å². The lowest BCUT2D eigenvalue weighted by molar-refractivity contribution is 0.766. The molecule has 1 aromatic heterocycles. The van der Waals surface area contributed by atoms with E-state index in [1.807, 2.05) is 24.3 Å². The van der Waals surface area contributed by atoms with Gasteiger partial charge in [-0.05, 0) is 34.7 Å². The van der Waals surface area contributed by atoms with Gasteiger partial charge in [-0.2, -0.15) is 9.97 Å². The number of H-pyrrole nitrogens is 1. The summed E-state index contributed by atoms with van der Waals surface area (Å²) in [6.07, 6.45) is 0. The van der Waals surface area contributed by atoms with Gasteiger partial charge in [-0.15, -0.1) is 0 Å². The van der Waals surface area contributed by atoms with Crippen LogP contribution in [-0.4, -0.2) is 15.0 Å². The highest BCUT2D eigenvalue weighted by Crippen LogP contribution is 2.24. The van der Waals surface area contributed by atoms with Gasteiger partial charge in [0.05, 0.1) is 0 Å². The molecule has 1 heterocycles. The Kier molecular flexibility index (Phi) is 6.99. The van der Waals surface area contributed by atoms with Gasteiger partial charge in [-0.1, -0.05) is 85.4 Å². The van der Waals surface area contributed by atoms with Crippen molar-refractivity contribution in [1.82, 2.24) is 15.0 Å². The Hall–Kier alpha value is -1.76. The van der Waals surface area contributed by atoms with Gasteiger partial charge in [0, 0.05) is 16.5 Å². The first-order chi connectivity index (χ1) is 13.0. The van der Waals surface area contributed by atoms with Gasteiger partial charge in [0.2, 0.25) is 0 Å². The number of halogens is 1. The summed E-state index contributed by atoms with van der Waals surface area (Å²) in [7, 11) is 0. The minimum absolute atomic E-state index is 0.374. The highest BCUT2D eigenvalue weighted by atomic mass is 35.5. The zero-order chi connectivity index (χ0) is 19.2. The first kappa shape index (κ1) is 20.0. The molecule has 1 N–H and O–H groups in total. The lowest BCUT2D eigenvalue weighted by Crippen LogP contribution is -2.13. The Morgan fingerprint density at radius 3 is 2.15 bits per heavy atom. The van der Waals surface area contributed by atoms with Crippen LogP contribution in [0.25, 0.3) is 0 Å². The summed E-state index contributed by atoms with van der Waals surface area (Å²) in [4.78, 5) is 23.0. The molecule has 0 saturated heterocycles. The van der Waals surface area contributed by atoms with Gasteiger partial charge in [0.25, 0.3) is 0 Å². The quantitative estimate of drug-likeness (QED) is 0.512. The van der Waals surface area contributed by atoms with E-state index >= 15 is 0 Å². The van der Waals surface area contributed by atoms with Crippen LogP contribution in [-0.2, 0) is 11.5 Å². The average molecular weight is 418 g/mol. The Morgan fingerprint density at radius 1 is 0.926 bits per heavy atom. The highest BCUT2D eigenvalue weighted by molar-refractivity contribution is 7.99. The van der Waals surface area contributed by atoms with Crippen LogP contribution in [0.15, 0.2) is 63.6 Å². The monoisotopic (exact) mass is 417 g/mol. The molecule has 0 aliphatic heterocycles. The Balaban J connectivity index is 1.62. The van der Waals surface area contributed by atoms with Crippen molar-refractivity contribution in [3.63, 3.8) is 0 Å². The fourth-order valence-electron chi connectivity index (χ4n) is 2.36. The molecule has 0 radical (unpaired) electrons. The van der Waals surface area contributed by atoms with Crippen molar-refractivity contribution in [3.8, 4) is 0 Å². The largest absolute Gasteiger partial charge is 0.349 e. The first-order valence-corrected chi connectivity index (χ1v) is 10.9. The summed E-state index contributed by atoms with van der Waals surface area (Å²) in [5.41, 5.74) is 3.24. The molecular weight excluding hydrogens is 398 g/mol. The van der Waals surface area contributed by atoms with Crippen molar-refractivity contribution in [1.29, 1.82) is 0 Å². The van der Waals surface area contributed by atoms with Crippen molar-refractivity contribution in [2.75, 3.05) is 0 Å². The Morgan fingerprint density at radius 2 is 1.52 bits per heavy atom.